The smallest absolute Gasteiger partial charge is 0.411 e. The average molecular weight is 407 g/mol. The molecule has 7 heteroatoms. The summed E-state index contributed by atoms with van der Waals surface area (Å²) in [5, 5.41) is 0. The first kappa shape index (κ1) is 23.0. The van der Waals surface area contributed by atoms with E-state index in [0.29, 0.717) is 5.75 Å². The van der Waals surface area contributed by atoms with E-state index in [9.17, 15) is 9.59 Å². The molecule has 0 unspecified atom stereocenters. The second-order valence-corrected chi connectivity index (χ2v) is 8.69. The maximum Gasteiger partial charge on any atom is 0.411 e. The van der Waals surface area contributed by atoms with Gasteiger partial charge in [0.15, 0.2) is 0 Å². The van der Waals surface area contributed by atoms with Gasteiger partial charge < -0.3 is 19.9 Å². The lowest BCUT2D eigenvalue weighted by molar-refractivity contribution is -0.151. The van der Waals surface area contributed by atoms with Crippen molar-refractivity contribution in [3.05, 3.63) is 29.8 Å². The van der Waals surface area contributed by atoms with Crippen LogP contribution in [0.4, 0.5) is 4.79 Å². The van der Waals surface area contributed by atoms with E-state index >= 15 is 0 Å². The van der Waals surface area contributed by atoms with Crippen LogP contribution in [0.1, 0.15) is 53.1 Å². The molecule has 29 heavy (non-hydrogen) atoms. The number of benzene rings is 1. The molecule has 0 aromatic heterocycles. The van der Waals surface area contributed by atoms with Crippen molar-refractivity contribution in [3.8, 4) is 5.75 Å². The van der Waals surface area contributed by atoms with Crippen LogP contribution in [0, 0.1) is 11.3 Å². The van der Waals surface area contributed by atoms with Crippen molar-refractivity contribution in [1.29, 1.82) is 0 Å². The van der Waals surface area contributed by atoms with Gasteiger partial charge in [0.25, 0.3) is 0 Å². The summed E-state index contributed by atoms with van der Waals surface area (Å²) in [5.41, 5.74) is 7.12. The van der Waals surface area contributed by atoms with Crippen LogP contribution in [0.3, 0.4) is 0 Å². The van der Waals surface area contributed by atoms with Crippen molar-refractivity contribution in [2.75, 3.05) is 13.7 Å². The molecule has 1 heterocycles. The molecule has 1 fully saturated rings. The molecular formula is C22H34N2O5. The first-order valence-corrected chi connectivity index (χ1v) is 10.1. The molecule has 1 aliphatic rings. The highest BCUT2D eigenvalue weighted by Crippen LogP contribution is 2.49. The number of hydrogen-bond donors (Lipinski definition) is 1. The highest BCUT2D eigenvalue weighted by Gasteiger charge is 2.58. The Morgan fingerprint density at radius 2 is 1.83 bits per heavy atom. The number of esters is 1. The Labute approximate surface area is 173 Å². The maximum absolute atomic E-state index is 13.2. The van der Waals surface area contributed by atoms with E-state index in [1.807, 2.05) is 45.0 Å². The Balaban J connectivity index is 2.68. The lowest BCUT2D eigenvalue weighted by atomic mass is 9.73. The Bertz CT molecular complexity index is 728. The number of carbonyl (C=O) groups is 2. The molecule has 162 valence electrons. The van der Waals surface area contributed by atoms with Crippen LogP contribution in [0.15, 0.2) is 24.3 Å². The molecule has 4 atom stereocenters. The van der Waals surface area contributed by atoms with E-state index < -0.39 is 30.2 Å². The molecule has 7 nitrogen and oxygen atoms in total. The summed E-state index contributed by atoms with van der Waals surface area (Å²) in [4.78, 5) is 27.7. The zero-order valence-corrected chi connectivity index (χ0v) is 18.5. The summed E-state index contributed by atoms with van der Waals surface area (Å²) in [7, 11) is 1.57. The largest absolute Gasteiger partial charge is 0.496 e. The fraction of sp³-hybridized carbons (Fsp3) is 0.636. The summed E-state index contributed by atoms with van der Waals surface area (Å²) in [6, 6.07) is 5.44. The van der Waals surface area contributed by atoms with E-state index in [1.54, 1.807) is 27.9 Å². The number of para-hydroxylation sites is 1. The lowest BCUT2D eigenvalue weighted by Gasteiger charge is -2.34. The van der Waals surface area contributed by atoms with Crippen molar-refractivity contribution < 1.29 is 23.8 Å². The first-order valence-electron chi connectivity index (χ1n) is 10.1. The van der Waals surface area contributed by atoms with Crippen molar-refractivity contribution in [2.24, 2.45) is 17.1 Å². The molecule has 1 amide bonds. The summed E-state index contributed by atoms with van der Waals surface area (Å²) >= 11 is 0. The Hall–Kier alpha value is -2.28. The van der Waals surface area contributed by atoms with Crippen LogP contribution in [-0.2, 0) is 14.3 Å². The highest BCUT2D eigenvalue weighted by atomic mass is 16.6. The number of amides is 1. The van der Waals surface area contributed by atoms with Gasteiger partial charge in [-0.3, -0.25) is 4.90 Å². The van der Waals surface area contributed by atoms with Gasteiger partial charge in [0.2, 0.25) is 0 Å². The van der Waals surface area contributed by atoms with E-state index in [1.165, 1.54) is 4.90 Å². The van der Waals surface area contributed by atoms with Crippen molar-refractivity contribution in [3.63, 3.8) is 0 Å². The zero-order valence-electron chi connectivity index (χ0n) is 18.5. The fourth-order valence-electron chi connectivity index (χ4n) is 4.23. The van der Waals surface area contributed by atoms with Gasteiger partial charge in [0.05, 0.1) is 25.9 Å². The van der Waals surface area contributed by atoms with Crippen LogP contribution < -0.4 is 10.5 Å². The molecule has 0 radical (unpaired) electrons. The van der Waals surface area contributed by atoms with Gasteiger partial charge in [-0.2, -0.15) is 0 Å². The van der Waals surface area contributed by atoms with Gasteiger partial charge in [0.1, 0.15) is 11.8 Å². The number of methoxy groups -OCH3 is 1. The highest BCUT2D eigenvalue weighted by molar-refractivity contribution is 5.83. The van der Waals surface area contributed by atoms with Crippen molar-refractivity contribution >= 4 is 12.1 Å². The number of nitrogens with zero attached hydrogens (tertiary/aromatic N) is 1. The van der Waals surface area contributed by atoms with E-state index in [2.05, 4.69) is 0 Å². The van der Waals surface area contributed by atoms with E-state index in [4.69, 9.17) is 19.9 Å². The second-order valence-electron chi connectivity index (χ2n) is 8.69. The molecule has 1 saturated heterocycles. The van der Waals surface area contributed by atoms with Crippen LogP contribution in [-0.4, -0.2) is 48.9 Å². The zero-order chi connectivity index (χ0) is 21.9. The molecule has 0 spiro atoms. The van der Waals surface area contributed by atoms with E-state index in [-0.39, 0.29) is 24.0 Å². The van der Waals surface area contributed by atoms with Gasteiger partial charge >= 0.3 is 12.1 Å². The molecule has 0 bridgehead atoms. The molecule has 1 aromatic carbocycles. The van der Waals surface area contributed by atoms with Crippen LogP contribution >= 0.6 is 0 Å². The molecule has 1 aliphatic heterocycles. The van der Waals surface area contributed by atoms with Crippen molar-refractivity contribution in [1.82, 2.24) is 4.90 Å². The number of likely N-dealkylation sites (tertiary alicyclic amines) is 1. The minimum Gasteiger partial charge on any atom is -0.496 e. The summed E-state index contributed by atoms with van der Waals surface area (Å²) in [5.74, 6) is -0.204. The topological polar surface area (TPSA) is 91.1 Å². The monoisotopic (exact) mass is 406 g/mol. The molecule has 2 rings (SSSR count). The maximum atomic E-state index is 13.2. The number of nitrogens with two attached hydrogens (primary N) is 1. The number of rotatable bonds is 5. The Morgan fingerprint density at radius 3 is 2.34 bits per heavy atom. The van der Waals surface area contributed by atoms with Gasteiger partial charge in [-0.25, -0.2) is 9.59 Å². The van der Waals surface area contributed by atoms with Gasteiger partial charge in [-0.05, 0) is 32.3 Å². The summed E-state index contributed by atoms with van der Waals surface area (Å²) < 4.78 is 16.4. The van der Waals surface area contributed by atoms with Gasteiger partial charge in [-0.1, -0.05) is 39.0 Å². The number of carbonyl (C=O) groups excluding carboxylic acids is 2. The Kier molecular flexibility index (Phi) is 7.16. The van der Waals surface area contributed by atoms with Crippen LogP contribution in [0.25, 0.3) is 0 Å². The molecule has 2 N–H and O–H groups in total. The predicted octanol–water partition coefficient (Wildman–Crippen LogP) is 3.52. The predicted molar refractivity (Wildman–Crippen MR) is 111 cm³/mol. The first-order chi connectivity index (χ1) is 13.5. The van der Waals surface area contributed by atoms with Crippen LogP contribution in [0.5, 0.6) is 5.75 Å². The van der Waals surface area contributed by atoms with Gasteiger partial charge in [0, 0.05) is 17.5 Å². The lowest BCUT2D eigenvalue weighted by Crippen LogP contribution is -2.48. The molecular weight excluding hydrogens is 372 g/mol. The Morgan fingerprint density at radius 1 is 1.21 bits per heavy atom. The SMILES string of the molecule is CCOC(=O)[C@@H]1[C@@H](C(C)(C)C)[C@H](N)[C@H](c2ccccc2OC)N1C(=O)OC(C)C. The fourth-order valence-corrected chi connectivity index (χ4v) is 4.23. The molecule has 0 saturated carbocycles. The third-order valence-corrected chi connectivity index (χ3v) is 5.25. The number of ether oxygens (including phenoxy) is 3. The van der Waals surface area contributed by atoms with Crippen LogP contribution in [0.2, 0.25) is 0 Å². The quantitative estimate of drug-likeness (QED) is 0.753. The average Bonchev–Trinajstić information content (AvgIpc) is 2.94. The van der Waals surface area contributed by atoms with Crippen molar-refractivity contribution in [2.45, 2.75) is 65.8 Å². The molecule has 1 aromatic rings. The van der Waals surface area contributed by atoms with E-state index in [0.717, 1.165) is 5.56 Å². The third-order valence-electron chi connectivity index (χ3n) is 5.25. The van der Waals surface area contributed by atoms with Gasteiger partial charge in [-0.15, -0.1) is 0 Å². The summed E-state index contributed by atoms with van der Waals surface area (Å²) in [6.45, 7) is 11.5. The number of hydrogen-bond acceptors (Lipinski definition) is 6. The normalized spacial score (nSPS) is 24.5. The molecule has 0 aliphatic carbocycles. The third kappa shape index (κ3) is 4.66. The second kappa shape index (κ2) is 9.03. The minimum atomic E-state index is -0.855. The standard InChI is InChI=1S/C22H34N2O5/c1-8-28-20(25)19-16(22(4,5)6)17(23)18(24(19)21(26)29-13(2)3)14-11-9-10-12-15(14)27-7/h9-13,16-19H,8,23H2,1-7H3/t16-,17-,18-,19-/m0/s1. The summed E-state index contributed by atoms with van der Waals surface area (Å²) in [6.07, 6.45) is -0.926. The minimum absolute atomic E-state index is 0.216.